The highest BCUT2D eigenvalue weighted by atomic mass is 16.4. The molecule has 82 valence electrons. The first kappa shape index (κ1) is 11.2. The van der Waals surface area contributed by atoms with Gasteiger partial charge in [0.25, 0.3) is 0 Å². The van der Waals surface area contributed by atoms with E-state index in [1.165, 1.54) is 17.3 Å². The molecular weight excluding hydrogens is 200 g/mol. The molecule has 1 heterocycles. The molecule has 1 rings (SSSR count). The largest absolute Gasteiger partial charge is 0.481 e. The maximum Gasteiger partial charge on any atom is 0.305 e. The van der Waals surface area contributed by atoms with Crippen LogP contribution < -0.4 is 5.32 Å². The molecule has 7 heteroatoms. The SMILES string of the molecule is CC(C(=O)NCCC(=O)O)n1cncn1. The molecule has 7 nitrogen and oxygen atoms in total. The van der Waals surface area contributed by atoms with Crippen molar-refractivity contribution in [2.75, 3.05) is 6.54 Å². The summed E-state index contributed by atoms with van der Waals surface area (Å²) in [6, 6.07) is -0.485. The molecule has 0 aromatic carbocycles. The van der Waals surface area contributed by atoms with Crippen LogP contribution in [0.4, 0.5) is 0 Å². The molecule has 0 aliphatic carbocycles. The van der Waals surface area contributed by atoms with E-state index in [9.17, 15) is 9.59 Å². The Hall–Kier alpha value is -1.92. The van der Waals surface area contributed by atoms with Gasteiger partial charge in [0.2, 0.25) is 5.91 Å². The first-order chi connectivity index (χ1) is 7.11. The molecule has 0 aliphatic heterocycles. The van der Waals surface area contributed by atoms with Crippen LogP contribution >= 0.6 is 0 Å². The fourth-order valence-electron chi connectivity index (χ4n) is 0.978. The van der Waals surface area contributed by atoms with Crippen molar-refractivity contribution in [1.29, 1.82) is 0 Å². The number of hydrogen-bond acceptors (Lipinski definition) is 4. The van der Waals surface area contributed by atoms with Gasteiger partial charge in [-0.25, -0.2) is 9.67 Å². The number of aliphatic carboxylic acids is 1. The van der Waals surface area contributed by atoms with Gasteiger partial charge in [-0.05, 0) is 6.92 Å². The van der Waals surface area contributed by atoms with Crippen LogP contribution in [0.1, 0.15) is 19.4 Å². The quantitative estimate of drug-likeness (QED) is 0.681. The van der Waals surface area contributed by atoms with E-state index >= 15 is 0 Å². The second kappa shape index (κ2) is 5.08. The summed E-state index contributed by atoms with van der Waals surface area (Å²) >= 11 is 0. The van der Waals surface area contributed by atoms with E-state index in [1.807, 2.05) is 0 Å². The van der Waals surface area contributed by atoms with Crippen LogP contribution in [-0.2, 0) is 9.59 Å². The lowest BCUT2D eigenvalue weighted by molar-refractivity contribution is -0.137. The minimum atomic E-state index is -0.941. The molecule has 0 saturated carbocycles. The molecule has 0 radical (unpaired) electrons. The van der Waals surface area contributed by atoms with Gasteiger partial charge < -0.3 is 10.4 Å². The summed E-state index contributed by atoms with van der Waals surface area (Å²) in [5, 5.41) is 14.7. The normalized spacial score (nSPS) is 12.1. The summed E-state index contributed by atoms with van der Waals surface area (Å²) in [6.07, 6.45) is 2.68. The predicted molar refractivity (Wildman–Crippen MR) is 50.0 cm³/mol. The Balaban J connectivity index is 2.37. The van der Waals surface area contributed by atoms with Crippen LogP contribution in [0.2, 0.25) is 0 Å². The van der Waals surface area contributed by atoms with Crippen molar-refractivity contribution >= 4 is 11.9 Å². The fourth-order valence-corrected chi connectivity index (χ4v) is 0.978. The zero-order chi connectivity index (χ0) is 11.3. The molecule has 1 unspecified atom stereocenters. The highest BCUT2D eigenvalue weighted by Gasteiger charge is 2.14. The van der Waals surface area contributed by atoms with E-state index in [-0.39, 0.29) is 18.9 Å². The summed E-state index contributed by atoms with van der Waals surface area (Å²) in [5.74, 6) is -1.22. The van der Waals surface area contributed by atoms with Crippen molar-refractivity contribution in [3.63, 3.8) is 0 Å². The maximum atomic E-state index is 11.4. The standard InChI is InChI=1S/C8H12N4O3/c1-6(12-5-9-4-11-12)8(15)10-3-2-7(13)14/h4-6H,2-3H2,1H3,(H,10,15)(H,13,14). The van der Waals surface area contributed by atoms with Crippen molar-refractivity contribution in [3.05, 3.63) is 12.7 Å². The number of nitrogens with zero attached hydrogens (tertiary/aromatic N) is 3. The zero-order valence-corrected chi connectivity index (χ0v) is 8.25. The van der Waals surface area contributed by atoms with E-state index in [2.05, 4.69) is 15.4 Å². The maximum absolute atomic E-state index is 11.4. The summed E-state index contributed by atoms with van der Waals surface area (Å²) in [7, 11) is 0. The molecule has 0 bridgehead atoms. The van der Waals surface area contributed by atoms with Crippen LogP contribution in [0.15, 0.2) is 12.7 Å². The third-order valence-electron chi connectivity index (χ3n) is 1.85. The Morgan fingerprint density at radius 1 is 1.60 bits per heavy atom. The first-order valence-corrected chi connectivity index (χ1v) is 4.45. The second-order valence-electron chi connectivity index (χ2n) is 2.99. The third-order valence-corrected chi connectivity index (χ3v) is 1.85. The minimum Gasteiger partial charge on any atom is -0.481 e. The molecule has 1 amide bonds. The summed E-state index contributed by atoms with van der Waals surface area (Å²) in [4.78, 5) is 25.3. The van der Waals surface area contributed by atoms with Crippen LogP contribution in [0, 0.1) is 0 Å². The molecule has 1 atom stereocenters. The van der Waals surface area contributed by atoms with Crippen LogP contribution in [0.5, 0.6) is 0 Å². The Labute approximate surface area is 86.1 Å². The number of carbonyl (C=O) groups is 2. The Morgan fingerprint density at radius 2 is 2.33 bits per heavy atom. The lowest BCUT2D eigenvalue weighted by atomic mass is 10.3. The molecular formula is C8H12N4O3. The lowest BCUT2D eigenvalue weighted by Gasteiger charge is -2.10. The lowest BCUT2D eigenvalue weighted by Crippen LogP contribution is -2.32. The summed E-state index contributed by atoms with van der Waals surface area (Å²) in [5.41, 5.74) is 0. The Kier molecular flexibility index (Phi) is 3.78. The van der Waals surface area contributed by atoms with E-state index in [4.69, 9.17) is 5.11 Å². The van der Waals surface area contributed by atoms with Crippen LogP contribution in [0.25, 0.3) is 0 Å². The smallest absolute Gasteiger partial charge is 0.305 e. The van der Waals surface area contributed by atoms with Crippen LogP contribution in [-0.4, -0.2) is 38.3 Å². The first-order valence-electron chi connectivity index (χ1n) is 4.45. The number of rotatable bonds is 5. The number of carbonyl (C=O) groups excluding carboxylic acids is 1. The molecule has 15 heavy (non-hydrogen) atoms. The molecule has 0 fully saturated rings. The zero-order valence-electron chi connectivity index (χ0n) is 8.25. The molecule has 0 saturated heterocycles. The van der Waals surface area contributed by atoms with Gasteiger partial charge in [0.05, 0.1) is 6.42 Å². The van der Waals surface area contributed by atoms with Gasteiger partial charge in [0, 0.05) is 6.54 Å². The number of hydrogen-bond donors (Lipinski definition) is 2. The molecule has 0 spiro atoms. The second-order valence-corrected chi connectivity index (χ2v) is 2.99. The Morgan fingerprint density at radius 3 is 2.87 bits per heavy atom. The number of carboxylic acids is 1. The molecule has 1 aromatic rings. The van der Waals surface area contributed by atoms with E-state index in [0.29, 0.717) is 0 Å². The van der Waals surface area contributed by atoms with E-state index in [0.717, 1.165) is 0 Å². The van der Waals surface area contributed by atoms with Gasteiger partial charge in [-0.3, -0.25) is 9.59 Å². The highest BCUT2D eigenvalue weighted by Crippen LogP contribution is 2.00. The van der Waals surface area contributed by atoms with Crippen molar-refractivity contribution in [1.82, 2.24) is 20.1 Å². The van der Waals surface area contributed by atoms with E-state index < -0.39 is 12.0 Å². The van der Waals surface area contributed by atoms with Crippen LogP contribution in [0.3, 0.4) is 0 Å². The van der Waals surface area contributed by atoms with Crippen molar-refractivity contribution in [3.8, 4) is 0 Å². The topological polar surface area (TPSA) is 97.1 Å². The van der Waals surface area contributed by atoms with Crippen molar-refractivity contribution in [2.24, 2.45) is 0 Å². The van der Waals surface area contributed by atoms with Crippen molar-refractivity contribution < 1.29 is 14.7 Å². The van der Waals surface area contributed by atoms with E-state index in [1.54, 1.807) is 6.92 Å². The van der Waals surface area contributed by atoms with Gasteiger partial charge in [0.1, 0.15) is 18.7 Å². The van der Waals surface area contributed by atoms with Gasteiger partial charge in [-0.1, -0.05) is 0 Å². The molecule has 0 aliphatic rings. The third kappa shape index (κ3) is 3.37. The highest BCUT2D eigenvalue weighted by molar-refractivity contribution is 5.80. The average molecular weight is 212 g/mol. The fraction of sp³-hybridized carbons (Fsp3) is 0.500. The summed E-state index contributed by atoms with van der Waals surface area (Å²) < 4.78 is 1.40. The molecule has 1 aromatic heterocycles. The molecule has 2 N–H and O–H groups in total. The van der Waals surface area contributed by atoms with Gasteiger partial charge in [-0.15, -0.1) is 0 Å². The predicted octanol–water partition coefficient (Wildman–Crippen LogP) is -0.570. The number of nitrogens with one attached hydrogen (secondary N) is 1. The van der Waals surface area contributed by atoms with Gasteiger partial charge >= 0.3 is 5.97 Å². The Bertz CT molecular complexity index is 336. The van der Waals surface area contributed by atoms with Crippen molar-refractivity contribution in [2.45, 2.75) is 19.4 Å². The number of carboxylic acid groups (broad SMARTS) is 1. The number of aromatic nitrogens is 3. The monoisotopic (exact) mass is 212 g/mol. The van der Waals surface area contributed by atoms with Gasteiger partial charge in [0.15, 0.2) is 0 Å². The average Bonchev–Trinajstić information content (AvgIpc) is 2.68. The minimum absolute atomic E-state index is 0.0875. The summed E-state index contributed by atoms with van der Waals surface area (Å²) in [6.45, 7) is 1.78. The van der Waals surface area contributed by atoms with Gasteiger partial charge in [-0.2, -0.15) is 5.10 Å². The number of amides is 1.